The van der Waals surface area contributed by atoms with Gasteiger partial charge in [-0.1, -0.05) is 13.8 Å². The van der Waals surface area contributed by atoms with Crippen molar-refractivity contribution in [1.82, 2.24) is 10.6 Å². The molecule has 0 aromatic rings. The van der Waals surface area contributed by atoms with Gasteiger partial charge in [0.15, 0.2) is 0 Å². The summed E-state index contributed by atoms with van der Waals surface area (Å²) < 4.78 is 0. The first-order chi connectivity index (χ1) is 8.05. The Bertz CT molecular complexity index is 281. The molecule has 0 radical (unpaired) electrons. The smallest absolute Gasteiger partial charge is 0.311 e. The number of amides is 1. The monoisotopic (exact) mass is 242 g/mol. The van der Waals surface area contributed by atoms with Crippen LogP contribution in [-0.2, 0) is 9.59 Å². The van der Waals surface area contributed by atoms with Crippen LogP contribution in [0.5, 0.6) is 0 Å². The molecule has 0 aromatic carbocycles. The molecule has 0 bridgehead atoms. The van der Waals surface area contributed by atoms with Gasteiger partial charge in [0.2, 0.25) is 5.91 Å². The van der Waals surface area contributed by atoms with Crippen molar-refractivity contribution < 1.29 is 14.7 Å². The van der Waals surface area contributed by atoms with Crippen LogP contribution in [0.1, 0.15) is 33.1 Å². The molecule has 0 aromatic heterocycles. The maximum Gasteiger partial charge on any atom is 0.311 e. The SMILES string of the molecule is CCC(CC)(CNC(=O)C1CCNC1)C(=O)O. The first kappa shape index (κ1) is 14.0. The van der Waals surface area contributed by atoms with Crippen molar-refractivity contribution >= 4 is 11.9 Å². The second-order valence-electron chi connectivity index (χ2n) is 4.70. The number of hydrogen-bond donors (Lipinski definition) is 3. The highest BCUT2D eigenvalue weighted by molar-refractivity contribution is 5.81. The average molecular weight is 242 g/mol. The average Bonchev–Trinajstić information content (AvgIpc) is 2.84. The fraction of sp³-hybridized carbons (Fsp3) is 0.833. The summed E-state index contributed by atoms with van der Waals surface area (Å²) in [5, 5.41) is 15.2. The summed E-state index contributed by atoms with van der Waals surface area (Å²) >= 11 is 0. The van der Waals surface area contributed by atoms with Crippen LogP contribution in [0.25, 0.3) is 0 Å². The summed E-state index contributed by atoms with van der Waals surface area (Å²) in [6.07, 6.45) is 1.90. The Hall–Kier alpha value is -1.10. The van der Waals surface area contributed by atoms with Gasteiger partial charge in [0.05, 0.1) is 11.3 Å². The molecular formula is C12H22N2O3. The van der Waals surface area contributed by atoms with E-state index in [0.29, 0.717) is 19.4 Å². The molecule has 17 heavy (non-hydrogen) atoms. The molecule has 1 amide bonds. The van der Waals surface area contributed by atoms with E-state index in [2.05, 4.69) is 10.6 Å². The predicted octanol–water partition coefficient (Wildman–Crippen LogP) is 0.603. The number of carboxylic acids is 1. The molecule has 1 saturated heterocycles. The van der Waals surface area contributed by atoms with Crippen molar-refractivity contribution in [3.8, 4) is 0 Å². The molecule has 1 aliphatic rings. The zero-order valence-electron chi connectivity index (χ0n) is 10.6. The number of rotatable bonds is 6. The minimum absolute atomic E-state index is 0.00444. The van der Waals surface area contributed by atoms with Crippen LogP contribution < -0.4 is 10.6 Å². The maximum absolute atomic E-state index is 11.8. The molecule has 5 heteroatoms. The van der Waals surface area contributed by atoms with E-state index in [9.17, 15) is 14.7 Å². The van der Waals surface area contributed by atoms with Crippen molar-refractivity contribution in [1.29, 1.82) is 0 Å². The maximum atomic E-state index is 11.8. The zero-order chi connectivity index (χ0) is 12.9. The largest absolute Gasteiger partial charge is 0.481 e. The van der Waals surface area contributed by atoms with Gasteiger partial charge in [0.1, 0.15) is 0 Å². The number of carbonyl (C=O) groups is 2. The number of nitrogens with one attached hydrogen (secondary N) is 2. The van der Waals surface area contributed by atoms with Crippen LogP contribution in [0, 0.1) is 11.3 Å². The molecule has 1 aliphatic heterocycles. The Labute approximate surface area is 102 Å². The van der Waals surface area contributed by atoms with Gasteiger partial charge in [0, 0.05) is 13.1 Å². The third kappa shape index (κ3) is 3.19. The van der Waals surface area contributed by atoms with Crippen LogP contribution >= 0.6 is 0 Å². The fourth-order valence-electron chi connectivity index (χ4n) is 2.16. The lowest BCUT2D eigenvalue weighted by Crippen LogP contribution is -2.44. The normalized spacial score (nSPS) is 20.2. The van der Waals surface area contributed by atoms with Gasteiger partial charge in [-0.3, -0.25) is 9.59 Å². The highest BCUT2D eigenvalue weighted by atomic mass is 16.4. The molecule has 1 unspecified atom stereocenters. The van der Waals surface area contributed by atoms with Crippen molar-refractivity contribution in [2.45, 2.75) is 33.1 Å². The fourth-order valence-corrected chi connectivity index (χ4v) is 2.16. The first-order valence-corrected chi connectivity index (χ1v) is 6.27. The molecule has 1 rings (SSSR count). The van der Waals surface area contributed by atoms with Gasteiger partial charge in [-0.2, -0.15) is 0 Å². The second kappa shape index (κ2) is 6.00. The van der Waals surface area contributed by atoms with Crippen LogP contribution in [0.3, 0.4) is 0 Å². The molecular weight excluding hydrogens is 220 g/mol. The van der Waals surface area contributed by atoms with Crippen LogP contribution in [0.4, 0.5) is 0 Å². The topological polar surface area (TPSA) is 78.4 Å². The minimum Gasteiger partial charge on any atom is -0.481 e. The molecule has 1 atom stereocenters. The summed E-state index contributed by atoms with van der Waals surface area (Å²) in [5.74, 6) is -0.856. The van der Waals surface area contributed by atoms with Gasteiger partial charge >= 0.3 is 5.97 Å². The second-order valence-corrected chi connectivity index (χ2v) is 4.70. The molecule has 1 heterocycles. The predicted molar refractivity (Wildman–Crippen MR) is 64.6 cm³/mol. The van der Waals surface area contributed by atoms with Gasteiger partial charge < -0.3 is 15.7 Å². The van der Waals surface area contributed by atoms with Gasteiger partial charge in [-0.05, 0) is 25.8 Å². The summed E-state index contributed by atoms with van der Waals surface area (Å²) in [4.78, 5) is 23.1. The van der Waals surface area contributed by atoms with E-state index >= 15 is 0 Å². The van der Waals surface area contributed by atoms with Crippen molar-refractivity contribution in [2.24, 2.45) is 11.3 Å². The molecule has 0 aliphatic carbocycles. The van der Waals surface area contributed by atoms with E-state index in [4.69, 9.17) is 0 Å². The van der Waals surface area contributed by atoms with Crippen molar-refractivity contribution in [3.05, 3.63) is 0 Å². The quantitative estimate of drug-likeness (QED) is 0.637. The van der Waals surface area contributed by atoms with Crippen LogP contribution in [0.15, 0.2) is 0 Å². The van der Waals surface area contributed by atoms with Gasteiger partial charge in [-0.25, -0.2) is 0 Å². The molecule has 3 N–H and O–H groups in total. The Morgan fingerprint density at radius 2 is 2.06 bits per heavy atom. The van der Waals surface area contributed by atoms with Gasteiger partial charge in [-0.15, -0.1) is 0 Å². The number of carboxylic acid groups (broad SMARTS) is 1. The molecule has 0 spiro atoms. The van der Waals surface area contributed by atoms with Gasteiger partial charge in [0.25, 0.3) is 0 Å². The molecule has 1 fully saturated rings. The van der Waals surface area contributed by atoms with E-state index in [1.54, 1.807) is 0 Å². The Kier molecular flexibility index (Phi) is 4.93. The Morgan fingerprint density at radius 1 is 1.41 bits per heavy atom. The Balaban J connectivity index is 2.51. The highest BCUT2D eigenvalue weighted by Gasteiger charge is 2.36. The van der Waals surface area contributed by atoms with Crippen LogP contribution in [-0.4, -0.2) is 36.6 Å². The third-order valence-electron chi connectivity index (χ3n) is 3.84. The molecule has 0 saturated carbocycles. The van der Waals surface area contributed by atoms with Crippen molar-refractivity contribution in [3.63, 3.8) is 0 Å². The lowest BCUT2D eigenvalue weighted by Gasteiger charge is -2.27. The first-order valence-electron chi connectivity index (χ1n) is 6.27. The van der Waals surface area contributed by atoms with E-state index in [1.165, 1.54) is 0 Å². The van der Waals surface area contributed by atoms with E-state index < -0.39 is 11.4 Å². The minimum atomic E-state index is -0.827. The summed E-state index contributed by atoms with van der Waals surface area (Å²) in [7, 11) is 0. The standard InChI is InChI=1S/C12H22N2O3/c1-3-12(4-2,11(16)17)8-14-10(15)9-5-6-13-7-9/h9,13H,3-8H2,1-2H3,(H,14,15)(H,16,17). The zero-order valence-corrected chi connectivity index (χ0v) is 10.6. The molecule has 5 nitrogen and oxygen atoms in total. The van der Waals surface area contributed by atoms with E-state index in [1.807, 2.05) is 13.8 Å². The summed E-state index contributed by atoms with van der Waals surface area (Å²) in [6.45, 7) is 5.49. The lowest BCUT2D eigenvalue weighted by molar-refractivity contribution is -0.149. The van der Waals surface area contributed by atoms with E-state index in [0.717, 1.165) is 13.0 Å². The number of aliphatic carboxylic acids is 1. The lowest BCUT2D eigenvalue weighted by atomic mass is 9.82. The highest BCUT2D eigenvalue weighted by Crippen LogP contribution is 2.25. The number of hydrogen-bond acceptors (Lipinski definition) is 3. The third-order valence-corrected chi connectivity index (χ3v) is 3.84. The van der Waals surface area contributed by atoms with Crippen molar-refractivity contribution in [2.75, 3.05) is 19.6 Å². The summed E-state index contributed by atoms with van der Waals surface area (Å²) in [5.41, 5.74) is -0.818. The Morgan fingerprint density at radius 3 is 2.47 bits per heavy atom. The summed E-state index contributed by atoms with van der Waals surface area (Å²) in [6, 6.07) is 0. The molecule has 98 valence electrons. The van der Waals surface area contributed by atoms with Crippen LogP contribution in [0.2, 0.25) is 0 Å². The van der Waals surface area contributed by atoms with E-state index in [-0.39, 0.29) is 18.4 Å². The number of carbonyl (C=O) groups excluding carboxylic acids is 1.